The predicted octanol–water partition coefficient (Wildman–Crippen LogP) is 4.20. The highest BCUT2D eigenvalue weighted by atomic mass is 16.2. The topological polar surface area (TPSA) is 61.4 Å². The summed E-state index contributed by atoms with van der Waals surface area (Å²) in [5.41, 5.74) is 3.67. The van der Waals surface area contributed by atoms with Crippen LogP contribution in [0.1, 0.15) is 50.0 Å². The zero-order valence-corrected chi connectivity index (χ0v) is 17.8. The Hall–Kier alpha value is -2.82. The maximum Gasteiger partial charge on any atom is 0.251 e. The number of carbonyl (C=O) groups is 2. The quantitative estimate of drug-likeness (QED) is 0.800. The van der Waals surface area contributed by atoms with E-state index in [1.165, 1.54) is 17.7 Å². The van der Waals surface area contributed by atoms with E-state index in [4.69, 9.17) is 0 Å². The smallest absolute Gasteiger partial charge is 0.251 e. The lowest BCUT2D eigenvalue weighted by atomic mass is 9.87. The minimum Gasteiger partial charge on any atom is -0.371 e. The second-order valence-corrected chi connectivity index (χ2v) is 8.94. The first kappa shape index (κ1) is 20.9. The summed E-state index contributed by atoms with van der Waals surface area (Å²) in [6, 6.07) is 15.4. The molecule has 0 aromatic heterocycles. The molecule has 2 amide bonds. The summed E-state index contributed by atoms with van der Waals surface area (Å²) in [6.07, 6.45) is 1.22. The van der Waals surface area contributed by atoms with Crippen molar-refractivity contribution >= 4 is 23.2 Å². The molecule has 5 heteroatoms. The fraction of sp³-hybridized carbons (Fsp3) is 0.417. The van der Waals surface area contributed by atoms with E-state index >= 15 is 0 Å². The zero-order valence-electron chi connectivity index (χ0n) is 17.8. The third-order valence-corrected chi connectivity index (χ3v) is 5.36. The molecule has 0 radical (unpaired) electrons. The Balaban J connectivity index is 1.48. The summed E-state index contributed by atoms with van der Waals surface area (Å²) in [5.74, 6) is 0.231. The molecule has 0 saturated carbocycles. The van der Waals surface area contributed by atoms with Gasteiger partial charge in [0.15, 0.2) is 0 Å². The van der Waals surface area contributed by atoms with Gasteiger partial charge in [-0.2, -0.15) is 0 Å². The van der Waals surface area contributed by atoms with Crippen molar-refractivity contribution in [1.29, 1.82) is 0 Å². The molecule has 1 aliphatic heterocycles. The van der Waals surface area contributed by atoms with Gasteiger partial charge in [0.1, 0.15) is 0 Å². The molecule has 154 valence electrons. The lowest BCUT2D eigenvalue weighted by Crippen LogP contribution is -2.32. The number of nitrogens with one attached hydrogen (secondary N) is 2. The first-order chi connectivity index (χ1) is 13.7. The van der Waals surface area contributed by atoms with Crippen molar-refractivity contribution in [2.75, 3.05) is 29.9 Å². The van der Waals surface area contributed by atoms with E-state index < -0.39 is 0 Å². The fourth-order valence-corrected chi connectivity index (χ4v) is 3.51. The SMILES string of the molecule is CC1CCN(c2ccc(NC(=O)CNC(=O)c3ccc(C(C)(C)C)cc3)cc2)C1. The lowest BCUT2D eigenvalue weighted by Gasteiger charge is -2.19. The van der Waals surface area contributed by atoms with Crippen LogP contribution in [-0.4, -0.2) is 31.4 Å². The number of rotatable bonds is 5. The molecule has 1 saturated heterocycles. The molecule has 2 N–H and O–H groups in total. The maximum atomic E-state index is 12.3. The van der Waals surface area contributed by atoms with Crippen LogP contribution in [0.2, 0.25) is 0 Å². The van der Waals surface area contributed by atoms with Crippen molar-refractivity contribution in [2.45, 2.75) is 39.5 Å². The van der Waals surface area contributed by atoms with Crippen LogP contribution >= 0.6 is 0 Å². The van der Waals surface area contributed by atoms with Gasteiger partial charge in [0, 0.05) is 30.0 Å². The Kier molecular flexibility index (Phi) is 6.26. The van der Waals surface area contributed by atoms with Crippen molar-refractivity contribution in [3.8, 4) is 0 Å². The van der Waals surface area contributed by atoms with E-state index in [1.807, 2.05) is 36.4 Å². The predicted molar refractivity (Wildman–Crippen MR) is 119 cm³/mol. The third kappa shape index (κ3) is 5.59. The van der Waals surface area contributed by atoms with Crippen LogP contribution in [0.4, 0.5) is 11.4 Å². The van der Waals surface area contributed by atoms with Crippen LogP contribution in [0.25, 0.3) is 0 Å². The van der Waals surface area contributed by atoms with Gasteiger partial charge in [-0.05, 0) is 59.7 Å². The van der Waals surface area contributed by atoms with E-state index in [0.717, 1.165) is 24.7 Å². The van der Waals surface area contributed by atoms with Crippen LogP contribution in [-0.2, 0) is 10.2 Å². The molecule has 1 atom stereocenters. The van der Waals surface area contributed by atoms with E-state index in [9.17, 15) is 9.59 Å². The Morgan fingerprint density at radius 3 is 2.24 bits per heavy atom. The van der Waals surface area contributed by atoms with E-state index in [0.29, 0.717) is 5.56 Å². The Morgan fingerprint density at radius 2 is 1.69 bits per heavy atom. The van der Waals surface area contributed by atoms with Crippen molar-refractivity contribution < 1.29 is 9.59 Å². The zero-order chi connectivity index (χ0) is 21.0. The van der Waals surface area contributed by atoms with E-state index in [1.54, 1.807) is 12.1 Å². The molecule has 1 unspecified atom stereocenters. The number of hydrogen-bond acceptors (Lipinski definition) is 3. The van der Waals surface area contributed by atoms with Crippen molar-refractivity contribution in [1.82, 2.24) is 5.32 Å². The van der Waals surface area contributed by atoms with Crippen molar-refractivity contribution in [2.24, 2.45) is 5.92 Å². The van der Waals surface area contributed by atoms with Crippen LogP contribution in [0.15, 0.2) is 48.5 Å². The molecule has 2 aromatic rings. The third-order valence-electron chi connectivity index (χ3n) is 5.36. The van der Waals surface area contributed by atoms with E-state index in [-0.39, 0.29) is 23.8 Å². The van der Waals surface area contributed by atoms with Gasteiger partial charge in [-0.25, -0.2) is 0 Å². The van der Waals surface area contributed by atoms with Crippen LogP contribution in [0.3, 0.4) is 0 Å². The molecule has 1 fully saturated rings. The average Bonchev–Trinajstić information content (AvgIpc) is 3.12. The Bertz CT molecular complexity index is 851. The minimum absolute atomic E-state index is 0.0392. The fourth-order valence-electron chi connectivity index (χ4n) is 3.51. The number of hydrogen-bond donors (Lipinski definition) is 2. The molecule has 2 aromatic carbocycles. The standard InChI is InChI=1S/C24H31N3O2/c1-17-13-14-27(16-17)21-11-9-20(10-12-21)26-22(28)15-25-23(29)18-5-7-19(8-6-18)24(2,3)4/h5-12,17H,13-16H2,1-4H3,(H,25,29)(H,26,28). The second-order valence-electron chi connectivity index (χ2n) is 8.94. The van der Waals surface area contributed by atoms with Crippen LogP contribution < -0.4 is 15.5 Å². The molecule has 3 rings (SSSR count). The van der Waals surface area contributed by atoms with Crippen LogP contribution in [0, 0.1) is 5.92 Å². The molecule has 29 heavy (non-hydrogen) atoms. The van der Waals surface area contributed by atoms with Crippen molar-refractivity contribution in [3.63, 3.8) is 0 Å². The van der Waals surface area contributed by atoms with Gasteiger partial charge in [-0.1, -0.05) is 39.8 Å². The van der Waals surface area contributed by atoms with E-state index in [2.05, 4.69) is 43.2 Å². The van der Waals surface area contributed by atoms with Gasteiger partial charge < -0.3 is 15.5 Å². The maximum absolute atomic E-state index is 12.3. The van der Waals surface area contributed by atoms with Gasteiger partial charge in [0.05, 0.1) is 6.54 Å². The number of amides is 2. The summed E-state index contributed by atoms with van der Waals surface area (Å²) in [7, 11) is 0. The van der Waals surface area contributed by atoms with Crippen molar-refractivity contribution in [3.05, 3.63) is 59.7 Å². The number of anilines is 2. The van der Waals surface area contributed by atoms with Gasteiger partial charge in [0.25, 0.3) is 5.91 Å². The highest BCUT2D eigenvalue weighted by Gasteiger charge is 2.19. The van der Waals surface area contributed by atoms with Gasteiger partial charge >= 0.3 is 0 Å². The molecule has 0 bridgehead atoms. The molecule has 0 aliphatic carbocycles. The van der Waals surface area contributed by atoms with Gasteiger partial charge in [0.2, 0.25) is 5.91 Å². The monoisotopic (exact) mass is 393 g/mol. The average molecular weight is 394 g/mol. The molecule has 1 aliphatic rings. The number of benzene rings is 2. The summed E-state index contributed by atoms with van der Waals surface area (Å²) >= 11 is 0. The number of carbonyl (C=O) groups excluding carboxylic acids is 2. The highest BCUT2D eigenvalue weighted by Crippen LogP contribution is 2.25. The number of nitrogens with zero attached hydrogens (tertiary/aromatic N) is 1. The molecule has 1 heterocycles. The lowest BCUT2D eigenvalue weighted by molar-refractivity contribution is -0.115. The normalized spacial score (nSPS) is 16.6. The summed E-state index contributed by atoms with van der Waals surface area (Å²) in [4.78, 5) is 26.8. The second kappa shape index (κ2) is 8.68. The van der Waals surface area contributed by atoms with Crippen LogP contribution in [0.5, 0.6) is 0 Å². The van der Waals surface area contributed by atoms with Gasteiger partial charge in [-0.15, -0.1) is 0 Å². The molecule has 0 spiro atoms. The molecular formula is C24H31N3O2. The highest BCUT2D eigenvalue weighted by molar-refractivity contribution is 5.99. The first-order valence-electron chi connectivity index (χ1n) is 10.3. The molecule has 5 nitrogen and oxygen atoms in total. The largest absolute Gasteiger partial charge is 0.371 e. The summed E-state index contributed by atoms with van der Waals surface area (Å²) in [6.45, 7) is 10.7. The first-order valence-corrected chi connectivity index (χ1v) is 10.3. The summed E-state index contributed by atoms with van der Waals surface area (Å²) < 4.78 is 0. The Morgan fingerprint density at radius 1 is 1.03 bits per heavy atom. The molecular weight excluding hydrogens is 362 g/mol. The Labute approximate surface area is 173 Å². The van der Waals surface area contributed by atoms with Gasteiger partial charge in [-0.3, -0.25) is 9.59 Å². The summed E-state index contributed by atoms with van der Waals surface area (Å²) in [5, 5.41) is 5.51. The minimum atomic E-state index is -0.251.